The van der Waals surface area contributed by atoms with Crippen molar-refractivity contribution in [2.45, 2.75) is 45.1 Å². The van der Waals surface area contributed by atoms with Crippen molar-refractivity contribution in [3.63, 3.8) is 0 Å². The fraction of sp³-hybridized carbons (Fsp3) is 0.476. The molecule has 1 aliphatic heterocycles. The summed E-state index contributed by atoms with van der Waals surface area (Å²) < 4.78 is 33.6. The van der Waals surface area contributed by atoms with E-state index in [9.17, 15) is 18.4 Å². The van der Waals surface area contributed by atoms with Crippen molar-refractivity contribution in [3.05, 3.63) is 46.8 Å². The van der Waals surface area contributed by atoms with Gasteiger partial charge in [0.2, 0.25) is 0 Å². The Labute approximate surface area is 173 Å². The first-order valence-corrected chi connectivity index (χ1v) is 10.3. The number of ether oxygens (including phenoxy) is 1. The van der Waals surface area contributed by atoms with Gasteiger partial charge in [-0.15, -0.1) is 0 Å². The Kier molecular flexibility index (Phi) is 5.69. The number of aromatic nitrogens is 2. The van der Waals surface area contributed by atoms with E-state index >= 15 is 0 Å². The molecular formula is C21H24F2N4O3. The molecule has 2 amide bonds. The average molecular weight is 418 g/mol. The van der Waals surface area contributed by atoms with Gasteiger partial charge in [-0.1, -0.05) is 0 Å². The number of rotatable bonds is 4. The maximum absolute atomic E-state index is 13.7. The molecular weight excluding hydrogens is 394 g/mol. The van der Waals surface area contributed by atoms with E-state index in [1.54, 1.807) is 16.5 Å². The van der Waals surface area contributed by atoms with Crippen molar-refractivity contribution in [1.82, 2.24) is 20.0 Å². The molecule has 2 heterocycles. The summed E-state index contributed by atoms with van der Waals surface area (Å²) in [6.07, 6.45) is 3.28. The second-order valence-corrected chi connectivity index (χ2v) is 7.57. The summed E-state index contributed by atoms with van der Waals surface area (Å²) in [6, 6.07) is 3.54. The summed E-state index contributed by atoms with van der Waals surface area (Å²) in [6.45, 7) is 3.14. The summed E-state index contributed by atoms with van der Waals surface area (Å²) in [5.41, 5.74) is 2.46. The highest BCUT2D eigenvalue weighted by Gasteiger charge is 2.30. The Morgan fingerprint density at radius 2 is 1.97 bits per heavy atom. The zero-order valence-electron chi connectivity index (χ0n) is 16.8. The van der Waals surface area contributed by atoms with Crippen LogP contribution in [0.4, 0.5) is 13.6 Å². The van der Waals surface area contributed by atoms with Crippen LogP contribution in [0.2, 0.25) is 0 Å². The molecule has 1 fully saturated rings. The van der Waals surface area contributed by atoms with E-state index in [0.717, 1.165) is 42.7 Å². The van der Waals surface area contributed by atoms with Crippen molar-refractivity contribution in [2.75, 3.05) is 19.7 Å². The zero-order chi connectivity index (χ0) is 21.3. The number of carbonyl (C=O) groups excluding carboxylic acids is 2. The van der Waals surface area contributed by atoms with Crippen molar-refractivity contribution in [2.24, 2.45) is 0 Å². The topological polar surface area (TPSA) is 76.5 Å². The number of nitrogens with zero attached hydrogens (tertiary/aromatic N) is 3. The summed E-state index contributed by atoms with van der Waals surface area (Å²) in [5, 5.41) is 7.45. The van der Waals surface area contributed by atoms with Crippen LogP contribution < -0.4 is 5.32 Å². The van der Waals surface area contributed by atoms with E-state index < -0.39 is 11.6 Å². The van der Waals surface area contributed by atoms with Gasteiger partial charge in [0.1, 0.15) is 0 Å². The van der Waals surface area contributed by atoms with Gasteiger partial charge in [0.25, 0.3) is 5.91 Å². The van der Waals surface area contributed by atoms with Crippen molar-refractivity contribution >= 4 is 12.0 Å². The van der Waals surface area contributed by atoms with E-state index in [-0.39, 0.29) is 18.0 Å². The molecule has 0 unspecified atom stereocenters. The van der Waals surface area contributed by atoms with Gasteiger partial charge in [0.15, 0.2) is 17.3 Å². The minimum Gasteiger partial charge on any atom is -0.450 e. The highest BCUT2D eigenvalue weighted by Crippen LogP contribution is 2.28. The molecule has 0 atom stereocenters. The van der Waals surface area contributed by atoms with Gasteiger partial charge in [-0.05, 0) is 51.2 Å². The van der Waals surface area contributed by atoms with Crippen LogP contribution in [0.5, 0.6) is 0 Å². The molecule has 4 rings (SSSR count). The van der Waals surface area contributed by atoms with Crippen molar-refractivity contribution in [3.8, 4) is 5.69 Å². The minimum absolute atomic E-state index is 0.0614. The predicted molar refractivity (Wildman–Crippen MR) is 105 cm³/mol. The molecule has 1 aromatic carbocycles. The summed E-state index contributed by atoms with van der Waals surface area (Å²) in [4.78, 5) is 26.4. The average Bonchev–Trinajstić information content (AvgIpc) is 3.33. The third-order valence-corrected chi connectivity index (χ3v) is 5.65. The van der Waals surface area contributed by atoms with Gasteiger partial charge < -0.3 is 15.0 Å². The van der Waals surface area contributed by atoms with Gasteiger partial charge in [0.05, 0.1) is 12.3 Å². The third kappa shape index (κ3) is 3.88. The number of nitrogens with one attached hydrogen (secondary N) is 1. The Morgan fingerprint density at radius 1 is 1.20 bits per heavy atom. The molecule has 0 radical (unpaired) electrons. The van der Waals surface area contributed by atoms with Crippen LogP contribution in [0.3, 0.4) is 0 Å². The maximum atomic E-state index is 13.7. The molecule has 1 aromatic heterocycles. The number of piperidine rings is 1. The number of benzene rings is 1. The first kappa shape index (κ1) is 20.3. The SMILES string of the molecule is CCOC(=O)N1CCC(NC(=O)c2nn(-c3ccc(F)c(F)c3)c3c2CCC3)CC1. The van der Waals surface area contributed by atoms with Gasteiger partial charge in [-0.25, -0.2) is 18.3 Å². The van der Waals surface area contributed by atoms with Gasteiger partial charge >= 0.3 is 6.09 Å². The number of hydrogen-bond donors (Lipinski definition) is 1. The fourth-order valence-corrected chi connectivity index (χ4v) is 4.13. The number of fused-ring (bicyclic) bond motifs is 1. The standard InChI is InChI=1S/C21H24F2N4O3/c1-2-30-21(29)26-10-8-13(9-11-26)24-20(28)19-15-4-3-5-18(15)27(25-19)14-6-7-16(22)17(23)12-14/h6-7,12-13H,2-5,8-11H2,1H3,(H,24,28). The molecule has 2 aliphatic rings. The Hall–Kier alpha value is -2.97. The van der Waals surface area contributed by atoms with Crippen LogP contribution in [-0.4, -0.2) is 52.4 Å². The van der Waals surface area contributed by atoms with Gasteiger partial charge in [0, 0.05) is 36.5 Å². The highest BCUT2D eigenvalue weighted by atomic mass is 19.2. The lowest BCUT2D eigenvalue weighted by molar-refractivity contribution is 0.0855. The number of hydrogen-bond acceptors (Lipinski definition) is 4. The number of halogens is 2. The fourth-order valence-electron chi connectivity index (χ4n) is 4.13. The third-order valence-electron chi connectivity index (χ3n) is 5.65. The molecule has 2 aromatic rings. The van der Waals surface area contributed by atoms with Crippen LogP contribution in [0.25, 0.3) is 5.69 Å². The molecule has 0 bridgehead atoms. The highest BCUT2D eigenvalue weighted by molar-refractivity contribution is 5.94. The maximum Gasteiger partial charge on any atom is 0.409 e. The Morgan fingerprint density at radius 3 is 2.67 bits per heavy atom. The van der Waals surface area contributed by atoms with Crippen LogP contribution >= 0.6 is 0 Å². The van der Waals surface area contributed by atoms with Crippen LogP contribution in [0.1, 0.15) is 47.9 Å². The molecule has 9 heteroatoms. The summed E-state index contributed by atoms with van der Waals surface area (Å²) in [7, 11) is 0. The second kappa shape index (κ2) is 8.41. The van der Waals surface area contributed by atoms with E-state index in [0.29, 0.717) is 43.9 Å². The molecule has 1 aliphatic carbocycles. The second-order valence-electron chi connectivity index (χ2n) is 7.57. The lowest BCUT2D eigenvalue weighted by Crippen LogP contribution is -2.46. The normalized spacial score (nSPS) is 16.4. The van der Waals surface area contributed by atoms with Gasteiger partial charge in [-0.3, -0.25) is 4.79 Å². The molecule has 160 valence electrons. The van der Waals surface area contributed by atoms with Crippen LogP contribution in [0.15, 0.2) is 18.2 Å². The monoisotopic (exact) mass is 418 g/mol. The van der Waals surface area contributed by atoms with E-state index in [1.165, 1.54) is 6.07 Å². The zero-order valence-corrected chi connectivity index (χ0v) is 16.8. The van der Waals surface area contributed by atoms with E-state index in [1.807, 2.05) is 0 Å². The van der Waals surface area contributed by atoms with E-state index in [4.69, 9.17) is 4.74 Å². The number of carbonyl (C=O) groups is 2. The largest absolute Gasteiger partial charge is 0.450 e. The lowest BCUT2D eigenvalue weighted by Gasteiger charge is -2.31. The molecule has 30 heavy (non-hydrogen) atoms. The van der Waals surface area contributed by atoms with Crippen molar-refractivity contribution in [1.29, 1.82) is 0 Å². The molecule has 1 saturated heterocycles. The van der Waals surface area contributed by atoms with Crippen LogP contribution in [-0.2, 0) is 17.6 Å². The van der Waals surface area contributed by atoms with Crippen LogP contribution in [0, 0.1) is 11.6 Å². The van der Waals surface area contributed by atoms with Gasteiger partial charge in [-0.2, -0.15) is 5.10 Å². The number of likely N-dealkylation sites (tertiary alicyclic amines) is 1. The predicted octanol–water partition coefficient (Wildman–Crippen LogP) is 2.99. The quantitative estimate of drug-likeness (QED) is 0.828. The lowest BCUT2D eigenvalue weighted by atomic mass is 10.0. The molecule has 1 N–H and O–H groups in total. The van der Waals surface area contributed by atoms with E-state index in [2.05, 4.69) is 10.4 Å². The first-order chi connectivity index (χ1) is 14.5. The van der Waals surface area contributed by atoms with Crippen molar-refractivity contribution < 1.29 is 23.1 Å². The molecule has 0 saturated carbocycles. The Balaban J connectivity index is 1.48. The minimum atomic E-state index is -0.950. The smallest absolute Gasteiger partial charge is 0.409 e. The number of amides is 2. The molecule has 7 nitrogen and oxygen atoms in total. The summed E-state index contributed by atoms with van der Waals surface area (Å²) >= 11 is 0. The summed E-state index contributed by atoms with van der Waals surface area (Å²) in [5.74, 6) is -2.15. The molecule has 0 spiro atoms. The Bertz CT molecular complexity index is 967. The first-order valence-electron chi connectivity index (χ1n) is 10.3.